The number of sulfonamides is 1. The van der Waals surface area contributed by atoms with Crippen molar-refractivity contribution in [3.63, 3.8) is 0 Å². The first-order valence-electron chi connectivity index (χ1n) is 9.43. The normalized spacial score (nSPS) is 13.2. The average Bonchev–Trinajstić information content (AvgIpc) is 3.17. The molecule has 1 aliphatic heterocycles. The van der Waals surface area contributed by atoms with Gasteiger partial charge in [-0.1, -0.05) is 35.9 Å². The van der Waals surface area contributed by atoms with Crippen molar-refractivity contribution in [1.82, 2.24) is 0 Å². The molecular formula is C23H22N2O3S. The minimum atomic E-state index is -3.68. The van der Waals surface area contributed by atoms with Crippen LogP contribution in [0.25, 0.3) is 0 Å². The minimum absolute atomic E-state index is 0.0687. The van der Waals surface area contributed by atoms with Crippen LogP contribution in [-0.4, -0.2) is 27.9 Å². The summed E-state index contributed by atoms with van der Waals surface area (Å²) in [6, 6.07) is 21.4. The van der Waals surface area contributed by atoms with E-state index in [0.29, 0.717) is 24.2 Å². The van der Waals surface area contributed by atoms with Crippen LogP contribution in [0.3, 0.4) is 0 Å². The van der Waals surface area contributed by atoms with Crippen LogP contribution in [0.4, 0.5) is 11.4 Å². The van der Waals surface area contributed by atoms with Gasteiger partial charge in [0.2, 0.25) is 0 Å². The van der Waals surface area contributed by atoms with Crippen LogP contribution in [0, 0.1) is 6.92 Å². The molecule has 0 N–H and O–H groups in total. The zero-order chi connectivity index (χ0) is 20.6. The van der Waals surface area contributed by atoms with E-state index in [0.717, 1.165) is 16.8 Å². The monoisotopic (exact) mass is 406 g/mol. The van der Waals surface area contributed by atoms with Gasteiger partial charge >= 0.3 is 0 Å². The summed E-state index contributed by atoms with van der Waals surface area (Å²) < 4.78 is 27.4. The maximum Gasteiger partial charge on any atom is 0.264 e. The summed E-state index contributed by atoms with van der Waals surface area (Å²) in [4.78, 5) is 14.8. The lowest BCUT2D eigenvalue weighted by Crippen LogP contribution is -2.29. The molecule has 0 fully saturated rings. The van der Waals surface area contributed by atoms with E-state index < -0.39 is 10.0 Å². The molecule has 0 saturated heterocycles. The van der Waals surface area contributed by atoms with Crippen LogP contribution in [0.2, 0.25) is 0 Å². The van der Waals surface area contributed by atoms with Gasteiger partial charge < -0.3 is 4.90 Å². The van der Waals surface area contributed by atoms with E-state index in [1.165, 1.54) is 4.31 Å². The van der Waals surface area contributed by atoms with Crippen molar-refractivity contribution in [2.45, 2.75) is 18.2 Å². The number of hydrogen-bond acceptors (Lipinski definition) is 3. The van der Waals surface area contributed by atoms with Gasteiger partial charge in [-0.15, -0.1) is 0 Å². The Bertz CT molecular complexity index is 1160. The first kappa shape index (κ1) is 19.2. The maximum absolute atomic E-state index is 13.0. The van der Waals surface area contributed by atoms with Gasteiger partial charge in [-0.05, 0) is 61.4 Å². The molecule has 5 nitrogen and oxygen atoms in total. The van der Waals surface area contributed by atoms with E-state index in [2.05, 4.69) is 0 Å². The van der Waals surface area contributed by atoms with Crippen molar-refractivity contribution in [2.24, 2.45) is 0 Å². The Labute approximate surface area is 171 Å². The second-order valence-corrected chi connectivity index (χ2v) is 9.14. The average molecular weight is 407 g/mol. The van der Waals surface area contributed by atoms with Crippen LogP contribution in [0.15, 0.2) is 77.7 Å². The number of aryl methyl sites for hydroxylation is 1. The van der Waals surface area contributed by atoms with Crippen LogP contribution in [0.1, 0.15) is 21.5 Å². The summed E-state index contributed by atoms with van der Waals surface area (Å²) in [5, 5.41) is 0. The second kappa shape index (κ2) is 7.37. The van der Waals surface area contributed by atoms with E-state index in [-0.39, 0.29) is 10.8 Å². The first-order chi connectivity index (χ1) is 13.9. The zero-order valence-electron chi connectivity index (χ0n) is 16.4. The van der Waals surface area contributed by atoms with E-state index in [9.17, 15) is 13.2 Å². The van der Waals surface area contributed by atoms with Crippen molar-refractivity contribution in [3.8, 4) is 0 Å². The van der Waals surface area contributed by atoms with Gasteiger partial charge in [-0.25, -0.2) is 8.42 Å². The molecule has 29 heavy (non-hydrogen) atoms. The molecule has 3 aromatic rings. The standard InChI is InChI=1S/C23H22N2O3S/c1-17-8-10-18(11-9-17)23(26)25-15-14-19-16-21(12-13-22(19)25)29(27,28)24(2)20-6-4-3-5-7-20/h3-13,16H,14-15H2,1-2H3. The molecule has 0 bridgehead atoms. The molecule has 1 amide bonds. The molecule has 3 aromatic carbocycles. The van der Waals surface area contributed by atoms with Crippen LogP contribution >= 0.6 is 0 Å². The van der Waals surface area contributed by atoms with E-state index >= 15 is 0 Å². The Morgan fingerprint density at radius 3 is 2.34 bits per heavy atom. The molecule has 6 heteroatoms. The van der Waals surface area contributed by atoms with Gasteiger partial charge in [0, 0.05) is 24.8 Å². The van der Waals surface area contributed by atoms with Crippen molar-refractivity contribution in [3.05, 3.63) is 89.5 Å². The third kappa shape index (κ3) is 3.51. The van der Waals surface area contributed by atoms with Crippen molar-refractivity contribution >= 4 is 27.3 Å². The van der Waals surface area contributed by atoms with Gasteiger partial charge in [0.1, 0.15) is 0 Å². The number of anilines is 2. The summed E-state index contributed by atoms with van der Waals surface area (Å²) in [5.74, 6) is -0.0687. The molecule has 0 saturated carbocycles. The topological polar surface area (TPSA) is 57.7 Å². The summed E-state index contributed by atoms with van der Waals surface area (Å²) in [6.45, 7) is 2.52. The van der Waals surface area contributed by atoms with Gasteiger partial charge in [0.15, 0.2) is 0 Å². The Kier molecular flexibility index (Phi) is 4.88. The molecule has 4 rings (SSSR count). The molecule has 0 radical (unpaired) electrons. The zero-order valence-corrected chi connectivity index (χ0v) is 17.2. The molecular weight excluding hydrogens is 384 g/mol. The van der Waals surface area contributed by atoms with Crippen LogP contribution in [0.5, 0.6) is 0 Å². The first-order valence-corrected chi connectivity index (χ1v) is 10.9. The summed E-state index contributed by atoms with van der Waals surface area (Å²) in [5.41, 5.74) is 3.97. The molecule has 0 unspecified atom stereocenters. The number of nitrogens with zero attached hydrogens (tertiary/aromatic N) is 2. The molecule has 1 heterocycles. The number of benzene rings is 3. The van der Waals surface area contributed by atoms with Gasteiger partial charge in [-0.2, -0.15) is 0 Å². The third-order valence-electron chi connectivity index (χ3n) is 5.27. The molecule has 0 aliphatic carbocycles. The summed E-state index contributed by atoms with van der Waals surface area (Å²) >= 11 is 0. The maximum atomic E-state index is 13.0. The number of rotatable bonds is 4. The van der Waals surface area contributed by atoms with Gasteiger partial charge in [-0.3, -0.25) is 9.10 Å². The highest BCUT2D eigenvalue weighted by molar-refractivity contribution is 7.92. The fourth-order valence-corrected chi connectivity index (χ4v) is 4.78. The minimum Gasteiger partial charge on any atom is -0.308 e. The number of fused-ring (bicyclic) bond motifs is 1. The number of carbonyl (C=O) groups is 1. The number of amides is 1. The van der Waals surface area contributed by atoms with E-state index in [1.54, 1.807) is 54.4 Å². The van der Waals surface area contributed by atoms with Gasteiger partial charge in [0.05, 0.1) is 10.6 Å². The SMILES string of the molecule is Cc1ccc(C(=O)N2CCc3cc(S(=O)(=O)N(C)c4ccccc4)ccc32)cc1. The highest BCUT2D eigenvalue weighted by Gasteiger charge is 2.28. The Balaban J connectivity index is 1.63. The molecule has 0 atom stereocenters. The number of carbonyl (C=O) groups excluding carboxylic acids is 1. The van der Waals surface area contributed by atoms with Crippen LogP contribution in [-0.2, 0) is 16.4 Å². The number of hydrogen-bond donors (Lipinski definition) is 0. The van der Waals surface area contributed by atoms with Crippen molar-refractivity contribution in [1.29, 1.82) is 0 Å². The summed E-state index contributed by atoms with van der Waals surface area (Å²) in [7, 11) is -2.13. The third-order valence-corrected chi connectivity index (χ3v) is 7.05. The Morgan fingerprint density at radius 2 is 1.66 bits per heavy atom. The number of para-hydroxylation sites is 1. The summed E-state index contributed by atoms with van der Waals surface area (Å²) in [6.07, 6.45) is 0.630. The van der Waals surface area contributed by atoms with Crippen LogP contribution < -0.4 is 9.21 Å². The highest BCUT2D eigenvalue weighted by atomic mass is 32.2. The predicted octanol–water partition coefficient (Wildman–Crippen LogP) is 4.02. The lowest BCUT2D eigenvalue weighted by molar-refractivity contribution is 0.0989. The fourth-order valence-electron chi connectivity index (χ4n) is 3.54. The van der Waals surface area contributed by atoms with E-state index in [1.807, 2.05) is 37.3 Å². The predicted molar refractivity (Wildman–Crippen MR) is 115 cm³/mol. The Morgan fingerprint density at radius 1 is 0.966 bits per heavy atom. The fraction of sp³-hybridized carbons (Fsp3) is 0.174. The van der Waals surface area contributed by atoms with Crippen molar-refractivity contribution in [2.75, 3.05) is 22.8 Å². The molecule has 1 aliphatic rings. The second-order valence-electron chi connectivity index (χ2n) is 7.17. The van der Waals surface area contributed by atoms with E-state index in [4.69, 9.17) is 0 Å². The molecule has 0 aromatic heterocycles. The molecule has 0 spiro atoms. The highest BCUT2D eigenvalue weighted by Crippen LogP contribution is 2.32. The van der Waals surface area contributed by atoms with Crippen molar-refractivity contribution < 1.29 is 13.2 Å². The van der Waals surface area contributed by atoms with Gasteiger partial charge in [0.25, 0.3) is 15.9 Å². The molecule has 148 valence electrons. The lowest BCUT2D eigenvalue weighted by Gasteiger charge is -2.21. The largest absolute Gasteiger partial charge is 0.308 e. The lowest BCUT2D eigenvalue weighted by atomic mass is 10.1. The smallest absolute Gasteiger partial charge is 0.264 e. The quantitative estimate of drug-likeness (QED) is 0.657. The Hall–Kier alpha value is -3.12.